The van der Waals surface area contributed by atoms with Gasteiger partial charge < -0.3 is 4.90 Å². The number of anilines is 1. The highest BCUT2D eigenvalue weighted by atomic mass is 16.6. The van der Waals surface area contributed by atoms with E-state index in [4.69, 9.17) is 0 Å². The molecule has 0 unspecified atom stereocenters. The maximum atomic E-state index is 10.7. The molecule has 1 fully saturated rings. The highest BCUT2D eigenvalue weighted by Gasteiger charge is 2.20. The summed E-state index contributed by atoms with van der Waals surface area (Å²) in [4.78, 5) is 12.7. The lowest BCUT2D eigenvalue weighted by Gasteiger charge is -2.34. The Morgan fingerprint density at radius 1 is 1.08 bits per heavy atom. The number of nitrogens with zero attached hydrogens (tertiary/aromatic N) is 2. The van der Waals surface area contributed by atoms with Gasteiger partial charge in [-0.1, -0.05) is 42.5 Å². The molecule has 4 nitrogen and oxygen atoms in total. The van der Waals surface area contributed by atoms with Gasteiger partial charge in [0.25, 0.3) is 0 Å². The van der Waals surface area contributed by atoms with Crippen LogP contribution in [0, 0.1) is 10.1 Å². The van der Waals surface area contributed by atoms with Crippen LogP contribution in [0.25, 0.3) is 6.08 Å². The third-order valence-electron chi connectivity index (χ3n) is 4.69. The molecule has 0 aromatic heterocycles. The summed E-state index contributed by atoms with van der Waals surface area (Å²) in [7, 11) is 0. The first kappa shape index (κ1) is 16.2. The largest absolute Gasteiger partial charge is 0.371 e. The maximum absolute atomic E-state index is 10.7. The van der Waals surface area contributed by atoms with Crippen molar-refractivity contribution >= 4 is 11.8 Å². The molecule has 0 bridgehead atoms. The van der Waals surface area contributed by atoms with Crippen LogP contribution in [-0.2, 0) is 0 Å². The van der Waals surface area contributed by atoms with Crippen LogP contribution in [0.5, 0.6) is 0 Å². The average molecular weight is 322 g/mol. The third kappa shape index (κ3) is 3.82. The van der Waals surface area contributed by atoms with Gasteiger partial charge in [0.2, 0.25) is 5.70 Å². The number of benzene rings is 2. The van der Waals surface area contributed by atoms with Gasteiger partial charge >= 0.3 is 0 Å². The van der Waals surface area contributed by atoms with Crippen LogP contribution in [0.15, 0.2) is 60.3 Å². The first-order valence-electron chi connectivity index (χ1n) is 8.36. The normalized spacial score (nSPS) is 16.2. The number of hydrogen-bond acceptors (Lipinski definition) is 3. The summed E-state index contributed by atoms with van der Waals surface area (Å²) in [5.74, 6) is 0.646. The van der Waals surface area contributed by atoms with E-state index >= 15 is 0 Å². The molecule has 124 valence electrons. The van der Waals surface area contributed by atoms with Crippen LogP contribution < -0.4 is 4.90 Å². The number of piperidine rings is 1. The third-order valence-corrected chi connectivity index (χ3v) is 4.69. The second kappa shape index (κ2) is 7.30. The molecule has 4 heteroatoms. The standard InChI is InChI=1S/C20H22N2O2/c1-16(22(23)24)15-17-7-9-20(10-8-17)21-13-11-19(12-14-21)18-5-3-2-4-6-18/h2-10,15,19H,11-14H2,1H3. The van der Waals surface area contributed by atoms with Gasteiger partial charge in [-0.2, -0.15) is 0 Å². The van der Waals surface area contributed by atoms with Crippen LogP contribution in [-0.4, -0.2) is 18.0 Å². The molecule has 1 aliphatic heterocycles. The van der Waals surface area contributed by atoms with E-state index in [1.165, 1.54) is 18.2 Å². The number of rotatable bonds is 4. The Morgan fingerprint density at radius 2 is 1.71 bits per heavy atom. The molecular formula is C20H22N2O2. The molecule has 0 N–H and O–H groups in total. The van der Waals surface area contributed by atoms with Crippen LogP contribution in [0.2, 0.25) is 0 Å². The molecule has 0 spiro atoms. The van der Waals surface area contributed by atoms with Crippen molar-refractivity contribution in [1.29, 1.82) is 0 Å². The zero-order valence-corrected chi connectivity index (χ0v) is 13.9. The van der Waals surface area contributed by atoms with Crippen molar-refractivity contribution in [2.24, 2.45) is 0 Å². The summed E-state index contributed by atoms with van der Waals surface area (Å²) in [6.07, 6.45) is 3.92. The highest BCUT2D eigenvalue weighted by molar-refractivity contribution is 5.57. The molecule has 0 atom stereocenters. The Hall–Kier alpha value is -2.62. The predicted molar refractivity (Wildman–Crippen MR) is 97.7 cm³/mol. The molecule has 0 radical (unpaired) electrons. The van der Waals surface area contributed by atoms with Crippen LogP contribution >= 0.6 is 0 Å². The molecule has 3 rings (SSSR count). The summed E-state index contributed by atoms with van der Waals surface area (Å²) in [6, 6.07) is 18.7. The zero-order chi connectivity index (χ0) is 16.9. The van der Waals surface area contributed by atoms with E-state index in [0.29, 0.717) is 5.92 Å². The zero-order valence-electron chi connectivity index (χ0n) is 13.9. The lowest BCUT2D eigenvalue weighted by molar-refractivity contribution is -0.422. The van der Waals surface area contributed by atoms with Crippen molar-refractivity contribution in [3.8, 4) is 0 Å². The quantitative estimate of drug-likeness (QED) is 0.605. The lowest BCUT2D eigenvalue weighted by atomic mass is 9.89. The van der Waals surface area contributed by atoms with Crippen molar-refractivity contribution in [2.45, 2.75) is 25.7 Å². The van der Waals surface area contributed by atoms with E-state index in [-0.39, 0.29) is 10.6 Å². The molecule has 0 aliphatic carbocycles. The van der Waals surface area contributed by atoms with Gasteiger partial charge in [-0.3, -0.25) is 10.1 Å². The minimum absolute atomic E-state index is 0.159. The van der Waals surface area contributed by atoms with Gasteiger partial charge in [0.1, 0.15) is 0 Å². The van der Waals surface area contributed by atoms with Gasteiger partial charge in [-0.05, 0) is 42.0 Å². The maximum Gasteiger partial charge on any atom is 0.243 e. The van der Waals surface area contributed by atoms with E-state index < -0.39 is 0 Å². The fourth-order valence-electron chi connectivity index (χ4n) is 3.27. The summed E-state index contributed by atoms with van der Waals surface area (Å²) >= 11 is 0. The average Bonchev–Trinajstić information content (AvgIpc) is 2.63. The lowest BCUT2D eigenvalue weighted by Crippen LogP contribution is -2.32. The summed E-state index contributed by atoms with van der Waals surface area (Å²) in [5, 5.41) is 10.7. The Labute approximate surface area is 142 Å². The van der Waals surface area contributed by atoms with Crippen LogP contribution in [0.1, 0.15) is 36.8 Å². The van der Waals surface area contributed by atoms with E-state index in [1.54, 1.807) is 6.08 Å². The van der Waals surface area contributed by atoms with Crippen molar-refractivity contribution in [1.82, 2.24) is 0 Å². The second-order valence-electron chi connectivity index (χ2n) is 6.31. The first-order chi connectivity index (χ1) is 11.6. The van der Waals surface area contributed by atoms with Crippen molar-refractivity contribution in [3.05, 3.63) is 81.5 Å². The van der Waals surface area contributed by atoms with E-state index in [0.717, 1.165) is 31.5 Å². The van der Waals surface area contributed by atoms with Crippen LogP contribution in [0.3, 0.4) is 0 Å². The number of nitro groups is 1. The van der Waals surface area contributed by atoms with Crippen molar-refractivity contribution in [3.63, 3.8) is 0 Å². The second-order valence-corrected chi connectivity index (χ2v) is 6.31. The molecule has 2 aromatic rings. The summed E-state index contributed by atoms with van der Waals surface area (Å²) < 4.78 is 0. The molecule has 2 aromatic carbocycles. The SMILES string of the molecule is CC(=Cc1ccc(N2CCC(c3ccccc3)CC2)cc1)[N+](=O)[O-]. The fourth-order valence-corrected chi connectivity index (χ4v) is 3.27. The predicted octanol–water partition coefficient (Wildman–Crippen LogP) is 4.71. The van der Waals surface area contributed by atoms with Gasteiger partial charge in [0, 0.05) is 31.8 Å². The van der Waals surface area contributed by atoms with Gasteiger partial charge in [-0.25, -0.2) is 0 Å². The van der Waals surface area contributed by atoms with E-state index in [2.05, 4.69) is 47.4 Å². The number of hydrogen-bond donors (Lipinski definition) is 0. The smallest absolute Gasteiger partial charge is 0.243 e. The Balaban J connectivity index is 1.62. The Kier molecular flexibility index (Phi) is 4.94. The molecular weight excluding hydrogens is 300 g/mol. The molecule has 1 aliphatic rings. The molecule has 1 heterocycles. The van der Waals surface area contributed by atoms with E-state index in [9.17, 15) is 10.1 Å². The topological polar surface area (TPSA) is 46.4 Å². The first-order valence-corrected chi connectivity index (χ1v) is 8.36. The van der Waals surface area contributed by atoms with E-state index in [1.807, 2.05) is 12.1 Å². The molecule has 0 amide bonds. The summed E-state index contributed by atoms with van der Waals surface area (Å²) in [6.45, 7) is 3.60. The van der Waals surface area contributed by atoms with Gasteiger partial charge in [0.05, 0.1) is 4.92 Å². The Morgan fingerprint density at radius 3 is 2.29 bits per heavy atom. The highest BCUT2D eigenvalue weighted by Crippen LogP contribution is 2.30. The minimum atomic E-state index is -0.359. The molecule has 0 saturated carbocycles. The Bertz CT molecular complexity index is 715. The summed E-state index contributed by atoms with van der Waals surface area (Å²) in [5.41, 5.74) is 3.66. The van der Waals surface area contributed by atoms with Crippen LogP contribution in [0.4, 0.5) is 5.69 Å². The van der Waals surface area contributed by atoms with Crippen molar-refractivity contribution < 1.29 is 4.92 Å². The number of allylic oxidation sites excluding steroid dienone is 1. The molecule has 24 heavy (non-hydrogen) atoms. The molecule has 1 saturated heterocycles. The monoisotopic (exact) mass is 322 g/mol. The fraction of sp³-hybridized carbons (Fsp3) is 0.300. The van der Waals surface area contributed by atoms with Gasteiger partial charge in [0.15, 0.2) is 0 Å². The van der Waals surface area contributed by atoms with Gasteiger partial charge in [-0.15, -0.1) is 0 Å². The minimum Gasteiger partial charge on any atom is -0.371 e. The van der Waals surface area contributed by atoms with Crippen molar-refractivity contribution in [2.75, 3.05) is 18.0 Å².